The fourth-order valence-electron chi connectivity index (χ4n) is 4.70. The number of para-hydroxylation sites is 2. The second kappa shape index (κ2) is 8.11. The van der Waals surface area contributed by atoms with Crippen LogP contribution in [0.4, 0.5) is 10.5 Å². The Bertz CT molecular complexity index is 1140. The summed E-state index contributed by atoms with van der Waals surface area (Å²) in [5.41, 5.74) is 2.59. The molecular formula is C23H27N5O3. The van der Waals surface area contributed by atoms with Crippen LogP contribution in [0.2, 0.25) is 0 Å². The molecule has 5 rings (SSSR count). The monoisotopic (exact) mass is 421 g/mol. The van der Waals surface area contributed by atoms with Gasteiger partial charge in [0.25, 0.3) is 0 Å². The Balaban J connectivity index is 1.14. The fourth-order valence-corrected chi connectivity index (χ4v) is 4.70. The SMILES string of the molecule is COc1cccc(NC(=O)N2CC(N3CCC(n4c(=O)[nH]c5ccccc54)CC3)C2)c1. The molecule has 2 aliphatic rings. The number of hydrogen-bond donors (Lipinski definition) is 2. The maximum atomic E-state index is 12.5. The summed E-state index contributed by atoms with van der Waals surface area (Å²) >= 11 is 0. The van der Waals surface area contributed by atoms with Crippen molar-refractivity contribution in [1.82, 2.24) is 19.4 Å². The molecule has 2 amide bonds. The number of carbonyl (C=O) groups excluding carboxylic acids is 1. The number of piperidine rings is 1. The lowest BCUT2D eigenvalue weighted by molar-refractivity contribution is 0.0397. The minimum Gasteiger partial charge on any atom is -0.497 e. The summed E-state index contributed by atoms with van der Waals surface area (Å²) in [4.78, 5) is 32.2. The number of ether oxygens (including phenoxy) is 1. The molecule has 2 saturated heterocycles. The van der Waals surface area contributed by atoms with Gasteiger partial charge in [-0.3, -0.25) is 9.47 Å². The van der Waals surface area contributed by atoms with Crippen molar-refractivity contribution in [3.05, 3.63) is 59.0 Å². The number of amides is 2. The van der Waals surface area contributed by atoms with Gasteiger partial charge in [-0.25, -0.2) is 9.59 Å². The first-order valence-corrected chi connectivity index (χ1v) is 10.8. The van der Waals surface area contributed by atoms with Gasteiger partial charge in [0, 0.05) is 50.0 Å². The number of hydrogen-bond acceptors (Lipinski definition) is 4. The number of likely N-dealkylation sites (tertiary alicyclic amines) is 2. The highest BCUT2D eigenvalue weighted by atomic mass is 16.5. The van der Waals surface area contributed by atoms with Crippen molar-refractivity contribution < 1.29 is 9.53 Å². The molecule has 0 unspecified atom stereocenters. The maximum absolute atomic E-state index is 12.5. The van der Waals surface area contributed by atoms with Crippen LogP contribution in [-0.2, 0) is 0 Å². The summed E-state index contributed by atoms with van der Waals surface area (Å²) < 4.78 is 7.12. The lowest BCUT2D eigenvalue weighted by Crippen LogP contribution is -2.63. The van der Waals surface area contributed by atoms with Crippen LogP contribution >= 0.6 is 0 Å². The van der Waals surface area contributed by atoms with E-state index in [1.807, 2.05) is 58.0 Å². The number of carbonyl (C=O) groups is 1. The predicted octanol–water partition coefficient (Wildman–Crippen LogP) is 2.89. The molecule has 8 heteroatoms. The van der Waals surface area contributed by atoms with E-state index in [0.717, 1.165) is 61.5 Å². The number of imidazole rings is 1. The number of anilines is 1. The van der Waals surface area contributed by atoms with Gasteiger partial charge in [-0.1, -0.05) is 18.2 Å². The third-order valence-electron chi connectivity index (χ3n) is 6.48. The van der Waals surface area contributed by atoms with E-state index >= 15 is 0 Å². The molecule has 0 atom stereocenters. The van der Waals surface area contributed by atoms with Gasteiger partial charge in [0.1, 0.15) is 5.75 Å². The number of fused-ring (bicyclic) bond motifs is 1. The van der Waals surface area contributed by atoms with E-state index in [1.165, 1.54) is 0 Å². The molecule has 0 spiro atoms. The number of nitrogens with zero attached hydrogens (tertiary/aromatic N) is 3. The quantitative estimate of drug-likeness (QED) is 0.679. The zero-order valence-corrected chi connectivity index (χ0v) is 17.6. The average Bonchev–Trinajstić information content (AvgIpc) is 3.09. The first-order chi connectivity index (χ1) is 15.1. The van der Waals surface area contributed by atoms with Crippen LogP contribution in [0.5, 0.6) is 5.75 Å². The van der Waals surface area contributed by atoms with E-state index in [-0.39, 0.29) is 17.8 Å². The molecule has 2 fully saturated rings. The lowest BCUT2D eigenvalue weighted by Gasteiger charge is -2.47. The van der Waals surface area contributed by atoms with E-state index in [9.17, 15) is 9.59 Å². The molecule has 31 heavy (non-hydrogen) atoms. The molecule has 2 aliphatic heterocycles. The summed E-state index contributed by atoms with van der Waals surface area (Å²) in [5.74, 6) is 0.719. The third kappa shape index (κ3) is 3.79. The van der Waals surface area contributed by atoms with Gasteiger partial charge < -0.3 is 19.9 Å². The molecule has 8 nitrogen and oxygen atoms in total. The van der Waals surface area contributed by atoms with E-state index in [4.69, 9.17) is 4.74 Å². The molecule has 0 bridgehead atoms. The zero-order valence-electron chi connectivity index (χ0n) is 17.6. The number of nitrogens with one attached hydrogen (secondary N) is 2. The van der Waals surface area contributed by atoms with E-state index in [2.05, 4.69) is 15.2 Å². The van der Waals surface area contributed by atoms with Crippen LogP contribution in [-0.4, -0.2) is 64.7 Å². The Morgan fingerprint density at radius 1 is 1.06 bits per heavy atom. The Morgan fingerprint density at radius 3 is 2.61 bits per heavy atom. The molecule has 0 radical (unpaired) electrons. The fraction of sp³-hybridized carbons (Fsp3) is 0.391. The smallest absolute Gasteiger partial charge is 0.326 e. The number of aromatic nitrogens is 2. The van der Waals surface area contributed by atoms with Gasteiger partial charge in [-0.15, -0.1) is 0 Å². The first kappa shape index (κ1) is 19.7. The highest BCUT2D eigenvalue weighted by Crippen LogP contribution is 2.28. The Labute approximate surface area is 180 Å². The van der Waals surface area contributed by atoms with Gasteiger partial charge in [0.05, 0.1) is 18.1 Å². The van der Waals surface area contributed by atoms with Gasteiger partial charge in [-0.05, 0) is 37.1 Å². The van der Waals surface area contributed by atoms with Crippen LogP contribution in [0.25, 0.3) is 11.0 Å². The zero-order chi connectivity index (χ0) is 21.4. The molecule has 0 saturated carbocycles. The minimum atomic E-state index is -0.0790. The third-order valence-corrected chi connectivity index (χ3v) is 6.48. The Morgan fingerprint density at radius 2 is 1.84 bits per heavy atom. The summed E-state index contributed by atoms with van der Waals surface area (Å²) in [6.45, 7) is 3.33. The molecular weight excluding hydrogens is 394 g/mol. The second-order valence-corrected chi connectivity index (χ2v) is 8.31. The number of benzene rings is 2. The molecule has 162 valence electrons. The Hall–Kier alpha value is -3.26. The molecule has 3 heterocycles. The Kier molecular flexibility index (Phi) is 5.15. The predicted molar refractivity (Wildman–Crippen MR) is 120 cm³/mol. The number of urea groups is 1. The first-order valence-electron chi connectivity index (χ1n) is 10.8. The number of rotatable bonds is 4. The summed E-state index contributed by atoms with van der Waals surface area (Å²) in [6, 6.07) is 15.8. The van der Waals surface area contributed by atoms with Crippen molar-refractivity contribution in [2.45, 2.75) is 24.9 Å². The topological polar surface area (TPSA) is 82.6 Å². The van der Waals surface area contributed by atoms with Crippen molar-refractivity contribution in [3.63, 3.8) is 0 Å². The van der Waals surface area contributed by atoms with Gasteiger partial charge in [0.15, 0.2) is 0 Å². The van der Waals surface area contributed by atoms with Gasteiger partial charge in [0.2, 0.25) is 0 Å². The lowest BCUT2D eigenvalue weighted by atomic mass is 9.99. The molecule has 2 aromatic carbocycles. The molecule has 3 aromatic rings. The van der Waals surface area contributed by atoms with Crippen molar-refractivity contribution in [2.24, 2.45) is 0 Å². The van der Waals surface area contributed by atoms with E-state index in [0.29, 0.717) is 6.04 Å². The normalized spacial score (nSPS) is 18.2. The minimum absolute atomic E-state index is 0.0244. The highest BCUT2D eigenvalue weighted by molar-refractivity contribution is 5.90. The van der Waals surface area contributed by atoms with Crippen LogP contribution < -0.4 is 15.7 Å². The summed E-state index contributed by atoms with van der Waals surface area (Å²) in [6.07, 6.45) is 1.88. The molecule has 2 N–H and O–H groups in total. The van der Waals surface area contributed by atoms with Gasteiger partial charge in [-0.2, -0.15) is 0 Å². The number of aromatic amines is 1. The maximum Gasteiger partial charge on any atom is 0.326 e. The number of methoxy groups -OCH3 is 1. The number of H-pyrrole nitrogens is 1. The van der Waals surface area contributed by atoms with E-state index < -0.39 is 0 Å². The van der Waals surface area contributed by atoms with Crippen molar-refractivity contribution in [3.8, 4) is 5.75 Å². The highest BCUT2D eigenvalue weighted by Gasteiger charge is 2.37. The van der Waals surface area contributed by atoms with Crippen LogP contribution in [0.15, 0.2) is 53.3 Å². The molecule has 0 aliphatic carbocycles. The van der Waals surface area contributed by atoms with Crippen molar-refractivity contribution >= 4 is 22.8 Å². The van der Waals surface area contributed by atoms with E-state index in [1.54, 1.807) is 7.11 Å². The molecule has 1 aromatic heterocycles. The average molecular weight is 422 g/mol. The standard InChI is InChI=1S/C23H27N5O3/c1-31-19-6-4-5-16(13-19)24-22(29)27-14-18(15-27)26-11-9-17(10-12-26)28-21-8-3-2-7-20(21)25-23(28)30/h2-8,13,17-18H,9-12,14-15H2,1H3,(H,24,29)(H,25,30). The summed E-state index contributed by atoms with van der Waals surface area (Å²) in [5, 5.41) is 2.94. The van der Waals surface area contributed by atoms with Crippen LogP contribution in [0, 0.1) is 0 Å². The van der Waals surface area contributed by atoms with Crippen LogP contribution in [0.1, 0.15) is 18.9 Å². The van der Waals surface area contributed by atoms with Crippen LogP contribution in [0.3, 0.4) is 0 Å². The second-order valence-electron chi connectivity index (χ2n) is 8.31. The van der Waals surface area contributed by atoms with Crippen molar-refractivity contribution in [2.75, 3.05) is 38.6 Å². The largest absolute Gasteiger partial charge is 0.497 e. The van der Waals surface area contributed by atoms with Gasteiger partial charge >= 0.3 is 11.7 Å². The van der Waals surface area contributed by atoms with Crippen molar-refractivity contribution in [1.29, 1.82) is 0 Å². The summed E-state index contributed by atoms with van der Waals surface area (Å²) in [7, 11) is 1.61.